The van der Waals surface area contributed by atoms with Gasteiger partial charge in [0.2, 0.25) is 5.91 Å². The van der Waals surface area contributed by atoms with E-state index in [1.807, 2.05) is 6.92 Å². The van der Waals surface area contributed by atoms with Gasteiger partial charge in [0.1, 0.15) is 0 Å². The average Bonchev–Trinajstić information content (AvgIpc) is 1.67. The van der Waals surface area contributed by atoms with Crippen molar-refractivity contribution in [2.24, 2.45) is 0 Å². The van der Waals surface area contributed by atoms with E-state index in [1.165, 1.54) is 0 Å². The van der Waals surface area contributed by atoms with E-state index in [4.69, 9.17) is 0 Å². The molecule has 0 N–H and O–H groups in total. The highest BCUT2D eigenvalue weighted by molar-refractivity contribution is 5.84. The maximum Gasteiger partial charge on any atom is 0.225 e. The van der Waals surface area contributed by atoms with Crippen molar-refractivity contribution in [2.45, 2.75) is 13.3 Å². The van der Waals surface area contributed by atoms with Gasteiger partial charge in [-0.2, -0.15) is 0 Å². The lowest BCUT2D eigenvalue weighted by Crippen LogP contribution is -2.21. The zero-order valence-corrected chi connectivity index (χ0v) is 5.64. The number of amides is 1. The minimum Gasteiger partial charge on any atom is -0.349 e. The molecule has 2 heteroatoms. The van der Waals surface area contributed by atoms with Gasteiger partial charge in [-0.05, 0) is 6.42 Å². The van der Waals surface area contributed by atoms with E-state index >= 15 is 0 Å². The van der Waals surface area contributed by atoms with E-state index in [0.717, 1.165) is 6.42 Å². The minimum atomic E-state index is 0.0903. The standard InChI is InChI=1S/C6H12NO/c1-4-5-6(8)7(2)3/h5H,4H2,1-3H3. The molecule has 0 spiro atoms. The molecule has 1 amide bonds. The van der Waals surface area contributed by atoms with Crippen molar-refractivity contribution in [3.63, 3.8) is 0 Å². The van der Waals surface area contributed by atoms with E-state index in [0.29, 0.717) is 0 Å². The number of hydrogen-bond acceptors (Lipinski definition) is 1. The van der Waals surface area contributed by atoms with Gasteiger partial charge in [0.15, 0.2) is 0 Å². The molecule has 0 saturated carbocycles. The van der Waals surface area contributed by atoms with Crippen LogP contribution in [0.4, 0.5) is 0 Å². The summed E-state index contributed by atoms with van der Waals surface area (Å²) in [7, 11) is 3.49. The van der Waals surface area contributed by atoms with E-state index < -0.39 is 0 Å². The largest absolute Gasteiger partial charge is 0.349 e. The molecule has 0 aromatic carbocycles. The summed E-state index contributed by atoms with van der Waals surface area (Å²) in [5.74, 6) is 0.0903. The van der Waals surface area contributed by atoms with Gasteiger partial charge >= 0.3 is 0 Å². The van der Waals surface area contributed by atoms with Crippen molar-refractivity contribution in [1.29, 1.82) is 0 Å². The second-order valence-electron chi connectivity index (χ2n) is 1.85. The van der Waals surface area contributed by atoms with E-state index in [2.05, 4.69) is 0 Å². The van der Waals surface area contributed by atoms with E-state index in [1.54, 1.807) is 25.4 Å². The number of carbonyl (C=O) groups is 1. The molecule has 0 fully saturated rings. The third-order valence-corrected chi connectivity index (χ3v) is 0.820. The topological polar surface area (TPSA) is 20.3 Å². The molecule has 0 saturated heterocycles. The lowest BCUT2D eigenvalue weighted by molar-refractivity contribution is -0.125. The maximum atomic E-state index is 10.6. The van der Waals surface area contributed by atoms with Gasteiger partial charge in [-0.25, -0.2) is 0 Å². The van der Waals surface area contributed by atoms with Crippen LogP contribution in [0.2, 0.25) is 0 Å². The Hall–Kier alpha value is -0.530. The fourth-order valence-electron chi connectivity index (χ4n) is 0.357. The summed E-state index contributed by atoms with van der Waals surface area (Å²) < 4.78 is 0. The van der Waals surface area contributed by atoms with Crippen molar-refractivity contribution in [1.82, 2.24) is 4.90 Å². The van der Waals surface area contributed by atoms with Gasteiger partial charge in [0.25, 0.3) is 0 Å². The molecule has 0 atom stereocenters. The fraction of sp³-hybridized carbons (Fsp3) is 0.667. The number of nitrogens with zero attached hydrogens (tertiary/aromatic N) is 1. The molecule has 0 heterocycles. The molecule has 2 nitrogen and oxygen atoms in total. The maximum absolute atomic E-state index is 10.6. The minimum absolute atomic E-state index is 0.0903. The molecule has 0 aliphatic carbocycles. The monoisotopic (exact) mass is 114 g/mol. The summed E-state index contributed by atoms with van der Waals surface area (Å²) in [5.41, 5.74) is 0. The van der Waals surface area contributed by atoms with Crippen LogP contribution in [0, 0.1) is 6.42 Å². The van der Waals surface area contributed by atoms with Crippen molar-refractivity contribution in [3.05, 3.63) is 6.42 Å². The lowest BCUT2D eigenvalue weighted by Gasteiger charge is -2.07. The molecule has 0 aromatic rings. The van der Waals surface area contributed by atoms with Gasteiger partial charge in [0.05, 0.1) is 0 Å². The van der Waals surface area contributed by atoms with Crippen LogP contribution in [0.1, 0.15) is 13.3 Å². The zero-order chi connectivity index (χ0) is 6.57. The number of hydrogen-bond donors (Lipinski definition) is 0. The lowest BCUT2D eigenvalue weighted by atomic mass is 10.3. The predicted molar refractivity (Wildman–Crippen MR) is 33.3 cm³/mol. The van der Waals surface area contributed by atoms with Crippen molar-refractivity contribution in [2.75, 3.05) is 14.1 Å². The first-order valence-electron chi connectivity index (χ1n) is 2.73. The molecule has 8 heavy (non-hydrogen) atoms. The highest BCUT2D eigenvalue weighted by atomic mass is 16.2. The Balaban J connectivity index is 3.33. The molecule has 0 rings (SSSR count). The predicted octanol–water partition coefficient (Wildman–Crippen LogP) is 0.689. The van der Waals surface area contributed by atoms with Gasteiger partial charge in [0, 0.05) is 20.5 Å². The third-order valence-electron chi connectivity index (χ3n) is 0.820. The van der Waals surface area contributed by atoms with Gasteiger partial charge in [-0.1, -0.05) is 6.92 Å². The summed E-state index contributed by atoms with van der Waals surface area (Å²) in [6.45, 7) is 1.95. The third kappa shape index (κ3) is 2.61. The molecule has 0 aliphatic rings. The van der Waals surface area contributed by atoms with Crippen LogP contribution in [0.5, 0.6) is 0 Å². The summed E-state index contributed by atoms with van der Waals surface area (Å²) >= 11 is 0. The second kappa shape index (κ2) is 3.47. The first-order valence-corrected chi connectivity index (χ1v) is 2.73. The first kappa shape index (κ1) is 7.47. The van der Waals surface area contributed by atoms with Crippen LogP contribution in [0.3, 0.4) is 0 Å². The Labute approximate surface area is 50.5 Å². The molecule has 0 bridgehead atoms. The second-order valence-corrected chi connectivity index (χ2v) is 1.85. The number of carbonyl (C=O) groups excluding carboxylic acids is 1. The van der Waals surface area contributed by atoms with Gasteiger partial charge < -0.3 is 4.90 Å². The van der Waals surface area contributed by atoms with Gasteiger partial charge in [-0.3, -0.25) is 4.79 Å². The molecule has 1 radical (unpaired) electrons. The van der Waals surface area contributed by atoms with Crippen LogP contribution < -0.4 is 0 Å². The van der Waals surface area contributed by atoms with Crippen LogP contribution >= 0.6 is 0 Å². The van der Waals surface area contributed by atoms with E-state index in [-0.39, 0.29) is 5.91 Å². The SMILES string of the molecule is CC[CH]C(=O)N(C)C. The van der Waals surface area contributed by atoms with Crippen molar-refractivity contribution < 1.29 is 4.79 Å². The van der Waals surface area contributed by atoms with Crippen LogP contribution in [-0.4, -0.2) is 24.9 Å². The Morgan fingerprint density at radius 1 is 1.62 bits per heavy atom. The molecular formula is C6H12NO. The van der Waals surface area contributed by atoms with E-state index in [9.17, 15) is 4.79 Å². The molecule has 0 aromatic heterocycles. The molecule has 47 valence electrons. The van der Waals surface area contributed by atoms with Crippen molar-refractivity contribution in [3.8, 4) is 0 Å². The Morgan fingerprint density at radius 3 is 2.25 bits per heavy atom. The van der Waals surface area contributed by atoms with Crippen molar-refractivity contribution >= 4 is 5.91 Å². The summed E-state index contributed by atoms with van der Waals surface area (Å²) in [5, 5.41) is 0. The normalized spacial score (nSPS) is 8.88. The highest BCUT2D eigenvalue weighted by Crippen LogP contribution is 1.88. The fourth-order valence-corrected chi connectivity index (χ4v) is 0.357. The van der Waals surface area contributed by atoms with Crippen LogP contribution in [0.25, 0.3) is 0 Å². The average molecular weight is 114 g/mol. The zero-order valence-electron chi connectivity index (χ0n) is 5.64. The summed E-state index contributed by atoms with van der Waals surface area (Å²) in [4.78, 5) is 12.2. The molecular weight excluding hydrogens is 102 g/mol. The smallest absolute Gasteiger partial charge is 0.225 e. The summed E-state index contributed by atoms with van der Waals surface area (Å²) in [6.07, 6.45) is 2.47. The quantitative estimate of drug-likeness (QED) is 0.517. The van der Waals surface area contributed by atoms with Gasteiger partial charge in [-0.15, -0.1) is 0 Å². The van der Waals surface area contributed by atoms with Crippen LogP contribution in [-0.2, 0) is 4.79 Å². The van der Waals surface area contributed by atoms with Crippen LogP contribution in [0.15, 0.2) is 0 Å². The molecule has 0 aliphatic heterocycles. The summed E-state index contributed by atoms with van der Waals surface area (Å²) in [6, 6.07) is 0. The Morgan fingerprint density at radius 2 is 2.12 bits per heavy atom. The Kier molecular flexibility index (Phi) is 3.24. The first-order chi connectivity index (χ1) is 3.68. The highest BCUT2D eigenvalue weighted by Gasteiger charge is 1.99. The molecule has 0 unspecified atom stereocenters. The number of rotatable bonds is 2. The Bertz CT molecular complexity index is 78.6.